The summed E-state index contributed by atoms with van der Waals surface area (Å²) < 4.78 is 5.72. The van der Waals surface area contributed by atoms with Crippen LogP contribution in [0.3, 0.4) is 0 Å². The van der Waals surface area contributed by atoms with Crippen LogP contribution in [0.25, 0.3) is 0 Å². The van der Waals surface area contributed by atoms with Gasteiger partial charge in [-0.3, -0.25) is 0 Å². The monoisotopic (exact) mass is 252 g/mol. The average Bonchev–Trinajstić information content (AvgIpc) is 2.81. The van der Waals surface area contributed by atoms with Crippen LogP contribution in [0.4, 0.5) is 6.01 Å². The van der Waals surface area contributed by atoms with Gasteiger partial charge >= 0.3 is 6.01 Å². The van der Waals surface area contributed by atoms with E-state index in [1.165, 1.54) is 6.42 Å². The Morgan fingerprint density at radius 3 is 2.61 bits per heavy atom. The highest BCUT2D eigenvalue weighted by atomic mass is 16.4. The molecule has 0 radical (unpaired) electrons. The maximum atomic E-state index is 5.72. The van der Waals surface area contributed by atoms with Crippen LogP contribution in [0.15, 0.2) is 4.42 Å². The van der Waals surface area contributed by atoms with Crippen molar-refractivity contribution in [1.29, 1.82) is 0 Å². The summed E-state index contributed by atoms with van der Waals surface area (Å²) in [5.74, 6) is 1.36. The van der Waals surface area contributed by atoms with Crippen LogP contribution in [0.1, 0.15) is 46.9 Å². The van der Waals surface area contributed by atoms with E-state index in [2.05, 4.69) is 55.0 Å². The topological polar surface area (TPSA) is 54.2 Å². The van der Waals surface area contributed by atoms with Crippen LogP contribution in [0.5, 0.6) is 0 Å². The number of aromatic nitrogens is 2. The van der Waals surface area contributed by atoms with E-state index in [1.54, 1.807) is 0 Å². The van der Waals surface area contributed by atoms with Crippen LogP contribution in [0, 0.1) is 5.92 Å². The first-order valence-electron chi connectivity index (χ1n) is 6.69. The molecule has 2 heterocycles. The van der Waals surface area contributed by atoms with E-state index in [0.717, 1.165) is 6.54 Å². The number of hydrogen-bond acceptors (Lipinski definition) is 5. The van der Waals surface area contributed by atoms with Crippen molar-refractivity contribution in [2.24, 2.45) is 5.92 Å². The lowest BCUT2D eigenvalue weighted by Crippen LogP contribution is -2.35. The van der Waals surface area contributed by atoms with E-state index in [4.69, 9.17) is 4.42 Å². The zero-order chi connectivity index (χ0) is 13.3. The molecule has 1 aliphatic heterocycles. The lowest BCUT2D eigenvalue weighted by Gasteiger charge is -2.19. The highest BCUT2D eigenvalue weighted by molar-refractivity contribution is 5.28. The van der Waals surface area contributed by atoms with Crippen LogP contribution < -0.4 is 10.2 Å². The number of nitrogens with one attached hydrogen (secondary N) is 1. The highest BCUT2D eigenvalue weighted by Crippen LogP contribution is 2.27. The summed E-state index contributed by atoms with van der Waals surface area (Å²) in [5.41, 5.74) is 0.0596. The molecule has 5 nitrogen and oxygen atoms in total. The molecule has 0 spiro atoms. The summed E-state index contributed by atoms with van der Waals surface area (Å²) in [6.45, 7) is 12.5. The van der Waals surface area contributed by atoms with Crippen LogP contribution in [-0.4, -0.2) is 28.3 Å². The zero-order valence-electron chi connectivity index (χ0n) is 12.0. The third-order valence-corrected chi connectivity index (χ3v) is 3.26. The summed E-state index contributed by atoms with van der Waals surface area (Å²) in [6, 6.07) is 1.15. The van der Waals surface area contributed by atoms with Gasteiger partial charge in [0.1, 0.15) is 0 Å². The Balaban J connectivity index is 1.98. The second-order valence-electron chi connectivity index (χ2n) is 6.42. The molecule has 18 heavy (non-hydrogen) atoms. The summed E-state index contributed by atoms with van der Waals surface area (Å²) in [7, 11) is 0. The summed E-state index contributed by atoms with van der Waals surface area (Å²) in [5, 5.41) is 11.6. The normalized spacial score (nSPS) is 24.8. The van der Waals surface area contributed by atoms with Gasteiger partial charge in [-0.05, 0) is 40.0 Å². The molecule has 2 rings (SSSR count). The van der Waals surface area contributed by atoms with E-state index >= 15 is 0 Å². The second kappa shape index (κ2) is 4.88. The minimum Gasteiger partial charge on any atom is -0.407 e. The van der Waals surface area contributed by atoms with Gasteiger partial charge in [-0.15, -0.1) is 5.10 Å². The van der Waals surface area contributed by atoms with E-state index in [-0.39, 0.29) is 5.54 Å². The fourth-order valence-corrected chi connectivity index (χ4v) is 2.34. The molecule has 0 amide bonds. The predicted molar refractivity (Wildman–Crippen MR) is 71.5 cm³/mol. The fraction of sp³-hybridized carbons (Fsp3) is 0.846. The van der Waals surface area contributed by atoms with Crippen molar-refractivity contribution in [3.05, 3.63) is 5.89 Å². The van der Waals surface area contributed by atoms with E-state index in [9.17, 15) is 0 Å². The molecule has 1 aliphatic rings. The Morgan fingerprint density at radius 1 is 1.33 bits per heavy atom. The second-order valence-corrected chi connectivity index (χ2v) is 6.42. The molecular weight excluding hydrogens is 228 g/mol. The summed E-state index contributed by atoms with van der Waals surface area (Å²) >= 11 is 0. The van der Waals surface area contributed by atoms with Gasteiger partial charge < -0.3 is 14.6 Å². The van der Waals surface area contributed by atoms with Crippen molar-refractivity contribution in [3.8, 4) is 0 Å². The third kappa shape index (κ3) is 3.22. The minimum atomic E-state index is 0.0596. The molecule has 0 bridgehead atoms. The molecular formula is C13H24N4O. The van der Waals surface area contributed by atoms with Gasteiger partial charge in [0.2, 0.25) is 5.89 Å². The molecule has 1 aromatic heterocycles. The molecule has 2 atom stereocenters. The van der Waals surface area contributed by atoms with Gasteiger partial charge in [0.25, 0.3) is 0 Å². The molecule has 0 saturated carbocycles. The van der Waals surface area contributed by atoms with Crippen molar-refractivity contribution < 1.29 is 4.42 Å². The van der Waals surface area contributed by atoms with Crippen molar-refractivity contribution in [2.75, 3.05) is 11.4 Å². The molecule has 0 aliphatic carbocycles. The van der Waals surface area contributed by atoms with E-state index in [1.807, 2.05) is 0 Å². The minimum absolute atomic E-state index is 0.0596. The Bertz CT molecular complexity index is 396. The SMILES string of the molecule is CC1CC(C)N(c2nnc(CNC(C)(C)C)o2)C1. The van der Waals surface area contributed by atoms with Crippen LogP contribution in [-0.2, 0) is 6.54 Å². The van der Waals surface area contributed by atoms with E-state index < -0.39 is 0 Å². The quantitative estimate of drug-likeness (QED) is 0.893. The van der Waals surface area contributed by atoms with Gasteiger partial charge in [0, 0.05) is 18.1 Å². The number of nitrogens with zero attached hydrogens (tertiary/aromatic N) is 3. The van der Waals surface area contributed by atoms with Gasteiger partial charge in [-0.2, -0.15) is 0 Å². The van der Waals surface area contributed by atoms with Crippen molar-refractivity contribution in [1.82, 2.24) is 15.5 Å². The van der Waals surface area contributed by atoms with E-state index in [0.29, 0.717) is 30.4 Å². The number of hydrogen-bond donors (Lipinski definition) is 1. The molecule has 1 saturated heterocycles. The summed E-state index contributed by atoms with van der Waals surface area (Å²) in [4.78, 5) is 2.21. The fourth-order valence-electron chi connectivity index (χ4n) is 2.34. The third-order valence-electron chi connectivity index (χ3n) is 3.26. The molecule has 1 aromatic rings. The maximum absolute atomic E-state index is 5.72. The molecule has 5 heteroatoms. The smallest absolute Gasteiger partial charge is 0.318 e. The molecule has 0 aromatic carbocycles. The van der Waals surface area contributed by atoms with Gasteiger partial charge in [0.15, 0.2) is 0 Å². The zero-order valence-corrected chi connectivity index (χ0v) is 12.0. The molecule has 1 N–H and O–H groups in total. The van der Waals surface area contributed by atoms with Crippen molar-refractivity contribution in [2.45, 2.75) is 59.2 Å². The molecule has 2 unspecified atom stereocenters. The lowest BCUT2D eigenvalue weighted by molar-refractivity contribution is 0.380. The van der Waals surface area contributed by atoms with Gasteiger partial charge in [-0.1, -0.05) is 12.0 Å². The standard InChI is InChI=1S/C13H24N4O/c1-9-6-10(2)17(8-9)12-16-15-11(18-12)7-14-13(3,4)5/h9-10,14H,6-8H2,1-5H3. The van der Waals surface area contributed by atoms with Crippen molar-refractivity contribution in [3.63, 3.8) is 0 Å². The summed E-state index contributed by atoms with van der Waals surface area (Å²) in [6.07, 6.45) is 1.19. The lowest BCUT2D eigenvalue weighted by atomic mass is 10.1. The Labute approximate surface area is 109 Å². The Kier molecular flexibility index (Phi) is 3.61. The average molecular weight is 252 g/mol. The largest absolute Gasteiger partial charge is 0.407 e. The first-order chi connectivity index (χ1) is 8.35. The Hall–Kier alpha value is -1.10. The highest BCUT2D eigenvalue weighted by Gasteiger charge is 2.29. The molecule has 1 fully saturated rings. The van der Waals surface area contributed by atoms with Crippen LogP contribution in [0.2, 0.25) is 0 Å². The first-order valence-corrected chi connectivity index (χ1v) is 6.69. The van der Waals surface area contributed by atoms with Crippen molar-refractivity contribution >= 4 is 6.01 Å². The number of rotatable bonds is 3. The number of anilines is 1. The molecule has 102 valence electrons. The maximum Gasteiger partial charge on any atom is 0.318 e. The van der Waals surface area contributed by atoms with Gasteiger partial charge in [-0.25, -0.2) is 0 Å². The van der Waals surface area contributed by atoms with Gasteiger partial charge in [0.05, 0.1) is 6.54 Å². The predicted octanol–water partition coefficient (Wildman–Crippen LogP) is 2.19. The Morgan fingerprint density at radius 2 is 2.06 bits per heavy atom. The first kappa shape index (κ1) is 13.3. The van der Waals surface area contributed by atoms with Crippen LogP contribution >= 0.6 is 0 Å².